The van der Waals surface area contributed by atoms with Crippen LogP contribution in [0.25, 0.3) is 0 Å². The zero-order chi connectivity index (χ0) is 19.6. The summed E-state index contributed by atoms with van der Waals surface area (Å²) in [5.41, 5.74) is 4.26. The lowest BCUT2D eigenvalue weighted by molar-refractivity contribution is -0.198. The van der Waals surface area contributed by atoms with Crippen molar-refractivity contribution in [3.8, 4) is 6.07 Å². The molecule has 2 aromatic carbocycles. The molecule has 2 saturated carbocycles. The zero-order valence-corrected chi connectivity index (χ0v) is 15.0. The van der Waals surface area contributed by atoms with Gasteiger partial charge in [0.2, 0.25) is 0 Å². The minimum Gasteiger partial charge on any atom is -0.338 e. The fourth-order valence-electron chi connectivity index (χ4n) is 5.13. The molecule has 0 aromatic heterocycles. The normalized spacial score (nSPS) is 40.0. The number of aldehydes is 1. The number of ether oxygens (including phenoxy) is 2. The molecule has 2 N–H and O–H groups in total. The summed E-state index contributed by atoms with van der Waals surface area (Å²) in [7, 11) is 0. The second-order valence-electron chi connectivity index (χ2n) is 7.94. The second-order valence-corrected chi connectivity index (χ2v) is 7.94. The fraction of sp³-hybridized carbons (Fsp3) is 0.364. The van der Waals surface area contributed by atoms with Crippen LogP contribution in [0.1, 0.15) is 29.8 Å². The molecule has 0 unspecified atom stereocenters. The first-order valence-electron chi connectivity index (χ1n) is 9.28. The lowest BCUT2D eigenvalue weighted by Crippen LogP contribution is -2.48. The van der Waals surface area contributed by atoms with E-state index in [2.05, 4.69) is 0 Å². The highest BCUT2D eigenvalue weighted by molar-refractivity contribution is 5.73. The molecule has 6 heteroatoms. The Morgan fingerprint density at radius 1 is 1.00 bits per heavy atom. The Bertz CT molecular complexity index is 915. The van der Waals surface area contributed by atoms with Crippen LogP contribution < -0.4 is 5.73 Å². The third-order valence-electron chi connectivity index (χ3n) is 6.32. The number of halogens is 1. The van der Waals surface area contributed by atoms with Gasteiger partial charge >= 0.3 is 0 Å². The maximum Gasteiger partial charge on any atom is 0.180 e. The summed E-state index contributed by atoms with van der Waals surface area (Å²) in [5.74, 6) is -3.22. The third kappa shape index (κ3) is 2.18. The summed E-state index contributed by atoms with van der Waals surface area (Å²) < 4.78 is 27.9. The minimum absolute atomic E-state index is 0.0258. The molecule has 1 spiro atoms. The first-order chi connectivity index (χ1) is 13.5. The maximum atomic E-state index is 15.2. The lowest BCUT2D eigenvalue weighted by Gasteiger charge is -2.30. The number of nitrogens with zero attached hydrogens (tertiary/aromatic N) is 1. The molecule has 0 amide bonds. The highest BCUT2D eigenvalue weighted by atomic mass is 19.1. The van der Waals surface area contributed by atoms with Crippen LogP contribution in [-0.2, 0) is 14.3 Å². The van der Waals surface area contributed by atoms with Gasteiger partial charge in [-0.05, 0) is 11.1 Å². The summed E-state index contributed by atoms with van der Waals surface area (Å²) in [4.78, 5) is 11.5. The standard InChI is InChI=1S/C22H19FN2O3/c23-21(13-26)18-19(21)22(11-20(18,25)12-24)27-16(14-7-3-1-4-8-14)17(28-22)15-9-5-2-6-10-15/h1-10,13,16-19H,11,25H2/t16-,17-,18+,19+,20+,21-/m0/s1. The van der Waals surface area contributed by atoms with E-state index in [4.69, 9.17) is 15.2 Å². The highest BCUT2D eigenvalue weighted by Gasteiger charge is 2.87. The molecule has 0 bridgehead atoms. The van der Waals surface area contributed by atoms with Gasteiger partial charge < -0.3 is 15.2 Å². The van der Waals surface area contributed by atoms with Gasteiger partial charge in [0.15, 0.2) is 17.7 Å². The van der Waals surface area contributed by atoms with Crippen molar-refractivity contribution in [2.24, 2.45) is 17.6 Å². The molecule has 6 atom stereocenters. The van der Waals surface area contributed by atoms with Crippen LogP contribution in [0.5, 0.6) is 0 Å². The number of hydrogen-bond donors (Lipinski definition) is 1. The molecule has 1 aliphatic heterocycles. The number of fused-ring (bicyclic) bond motifs is 2. The van der Waals surface area contributed by atoms with E-state index >= 15 is 4.39 Å². The van der Waals surface area contributed by atoms with Crippen molar-refractivity contribution in [3.05, 3.63) is 71.8 Å². The van der Waals surface area contributed by atoms with E-state index in [1.165, 1.54) is 0 Å². The van der Waals surface area contributed by atoms with Gasteiger partial charge in [0.05, 0.1) is 12.0 Å². The molecule has 28 heavy (non-hydrogen) atoms. The van der Waals surface area contributed by atoms with Gasteiger partial charge in [0.25, 0.3) is 0 Å². The summed E-state index contributed by atoms with van der Waals surface area (Å²) >= 11 is 0. The van der Waals surface area contributed by atoms with Gasteiger partial charge in [-0.15, -0.1) is 0 Å². The zero-order valence-electron chi connectivity index (χ0n) is 15.0. The van der Waals surface area contributed by atoms with Crippen molar-refractivity contribution in [2.45, 2.75) is 35.6 Å². The molecule has 5 nitrogen and oxygen atoms in total. The Labute approximate surface area is 161 Å². The van der Waals surface area contributed by atoms with Gasteiger partial charge in [-0.1, -0.05) is 60.7 Å². The number of rotatable bonds is 3. The Morgan fingerprint density at radius 2 is 1.50 bits per heavy atom. The molecule has 3 fully saturated rings. The van der Waals surface area contributed by atoms with E-state index in [9.17, 15) is 10.1 Å². The van der Waals surface area contributed by atoms with Crippen LogP contribution in [0.4, 0.5) is 4.39 Å². The Balaban J connectivity index is 1.60. The Morgan fingerprint density at radius 3 is 1.93 bits per heavy atom. The molecule has 2 aliphatic carbocycles. The molecule has 142 valence electrons. The first kappa shape index (κ1) is 17.5. The largest absolute Gasteiger partial charge is 0.338 e. The predicted molar refractivity (Wildman–Crippen MR) is 97.3 cm³/mol. The lowest BCUT2D eigenvalue weighted by atomic mass is 9.90. The fourth-order valence-corrected chi connectivity index (χ4v) is 5.13. The number of alkyl halides is 1. The van der Waals surface area contributed by atoms with Gasteiger partial charge in [-0.25, -0.2) is 4.39 Å². The van der Waals surface area contributed by atoms with E-state index in [0.717, 1.165) is 11.1 Å². The number of carbonyl (C=O) groups excluding carboxylic acids is 1. The smallest absolute Gasteiger partial charge is 0.180 e. The number of hydrogen-bond acceptors (Lipinski definition) is 5. The summed E-state index contributed by atoms with van der Waals surface area (Å²) in [6.07, 6.45) is -0.719. The van der Waals surface area contributed by atoms with Crippen molar-refractivity contribution < 1.29 is 18.7 Å². The molecular formula is C22H19FN2O3. The monoisotopic (exact) mass is 378 g/mol. The summed E-state index contributed by atoms with van der Waals surface area (Å²) in [6, 6.07) is 21.1. The number of nitrogens with two attached hydrogens (primary N) is 1. The molecular weight excluding hydrogens is 359 g/mol. The van der Waals surface area contributed by atoms with Crippen molar-refractivity contribution >= 4 is 6.29 Å². The highest BCUT2D eigenvalue weighted by Crippen LogP contribution is 2.73. The van der Waals surface area contributed by atoms with E-state index < -0.39 is 41.0 Å². The van der Waals surface area contributed by atoms with Crippen LogP contribution in [0.2, 0.25) is 0 Å². The van der Waals surface area contributed by atoms with Crippen LogP contribution in [-0.4, -0.2) is 23.3 Å². The maximum absolute atomic E-state index is 15.2. The first-order valence-corrected chi connectivity index (χ1v) is 9.28. The van der Waals surface area contributed by atoms with Crippen LogP contribution in [0.15, 0.2) is 60.7 Å². The predicted octanol–water partition coefficient (Wildman–Crippen LogP) is 2.99. The average molecular weight is 378 g/mol. The number of nitriles is 1. The SMILES string of the molecule is N#C[C@]1(N)CC2(O[C@@H](c3ccccc3)[C@H](c3ccccc3)O2)[C@@H]2[C@H]1[C@@]2(F)C=O. The van der Waals surface area contributed by atoms with E-state index in [0.29, 0.717) is 0 Å². The Kier molecular flexibility index (Phi) is 3.57. The molecule has 0 radical (unpaired) electrons. The topological polar surface area (TPSA) is 85.3 Å². The van der Waals surface area contributed by atoms with Crippen molar-refractivity contribution in [2.75, 3.05) is 0 Å². The summed E-state index contributed by atoms with van der Waals surface area (Å²) in [6.45, 7) is 0. The molecule has 1 saturated heterocycles. The van der Waals surface area contributed by atoms with Crippen molar-refractivity contribution in [1.82, 2.24) is 0 Å². The minimum atomic E-state index is -2.20. The van der Waals surface area contributed by atoms with Crippen LogP contribution in [0, 0.1) is 23.2 Å². The van der Waals surface area contributed by atoms with Crippen molar-refractivity contribution in [3.63, 3.8) is 0 Å². The van der Waals surface area contributed by atoms with Crippen molar-refractivity contribution in [1.29, 1.82) is 5.26 Å². The van der Waals surface area contributed by atoms with E-state index in [-0.39, 0.29) is 12.7 Å². The molecule has 3 aliphatic rings. The van der Waals surface area contributed by atoms with Gasteiger partial charge in [0, 0.05) is 12.3 Å². The van der Waals surface area contributed by atoms with Gasteiger partial charge in [-0.3, -0.25) is 4.79 Å². The van der Waals surface area contributed by atoms with Crippen LogP contribution in [0.3, 0.4) is 0 Å². The van der Waals surface area contributed by atoms with Crippen LogP contribution >= 0.6 is 0 Å². The van der Waals surface area contributed by atoms with E-state index in [1.807, 2.05) is 66.7 Å². The van der Waals surface area contributed by atoms with Gasteiger partial charge in [-0.2, -0.15) is 5.26 Å². The number of carbonyl (C=O) groups is 1. The molecule has 1 heterocycles. The van der Waals surface area contributed by atoms with E-state index in [1.54, 1.807) is 0 Å². The molecule has 5 rings (SSSR count). The number of benzene rings is 2. The Hall–Kier alpha value is -2.59. The second kappa shape index (κ2) is 5.71. The third-order valence-corrected chi connectivity index (χ3v) is 6.32. The molecule has 2 aromatic rings. The average Bonchev–Trinajstić information content (AvgIpc) is 3.09. The quantitative estimate of drug-likeness (QED) is 0.830. The van der Waals surface area contributed by atoms with Gasteiger partial charge in [0.1, 0.15) is 17.7 Å². The summed E-state index contributed by atoms with van der Waals surface area (Å²) in [5, 5.41) is 9.59.